The van der Waals surface area contributed by atoms with E-state index < -0.39 is 10.7 Å². The van der Waals surface area contributed by atoms with Gasteiger partial charge in [0.05, 0.1) is 29.2 Å². The van der Waals surface area contributed by atoms with E-state index in [2.05, 4.69) is 26.0 Å². The summed E-state index contributed by atoms with van der Waals surface area (Å²) in [6, 6.07) is 13.6. The maximum Gasteiger partial charge on any atom is 0.315 e. The van der Waals surface area contributed by atoms with Crippen LogP contribution in [0.4, 0.5) is 10.1 Å². The molecule has 4 aromatic rings. The first-order valence-electron chi connectivity index (χ1n) is 10.2. The van der Waals surface area contributed by atoms with Crippen LogP contribution in [0.15, 0.2) is 69.0 Å². The van der Waals surface area contributed by atoms with Gasteiger partial charge in [0.15, 0.2) is 5.75 Å². The summed E-state index contributed by atoms with van der Waals surface area (Å²) >= 11 is 3.34. The van der Waals surface area contributed by atoms with E-state index in [-0.39, 0.29) is 29.4 Å². The molecule has 0 atom stereocenters. The van der Waals surface area contributed by atoms with Crippen LogP contribution in [0, 0.1) is 22.9 Å². The molecular formula is C24H18BrFN4O5. The smallest absolute Gasteiger partial charge is 0.315 e. The van der Waals surface area contributed by atoms with Crippen molar-refractivity contribution in [3.05, 3.63) is 102 Å². The monoisotopic (exact) mass is 540 g/mol. The Morgan fingerprint density at radius 1 is 1.23 bits per heavy atom. The fourth-order valence-electron chi connectivity index (χ4n) is 3.42. The molecule has 0 aliphatic heterocycles. The van der Waals surface area contributed by atoms with Gasteiger partial charge in [0, 0.05) is 16.1 Å². The van der Waals surface area contributed by atoms with E-state index >= 15 is 0 Å². The summed E-state index contributed by atoms with van der Waals surface area (Å²) in [7, 11) is 1.34. The third-order valence-electron chi connectivity index (χ3n) is 5.04. The molecule has 11 heteroatoms. The average Bonchev–Trinajstić information content (AvgIpc) is 2.83. The molecule has 3 aromatic carbocycles. The van der Waals surface area contributed by atoms with Crippen LogP contribution in [-0.4, -0.2) is 27.9 Å². The number of hydrogen-bond donors (Lipinski definition) is 0. The Hall–Kier alpha value is -4.12. The van der Waals surface area contributed by atoms with Crippen molar-refractivity contribution in [2.45, 2.75) is 13.5 Å². The highest BCUT2D eigenvalue weighted by Crippen LogP contribution is 2.38. The van der Waals surface area contributed by atoms with Crippen molar-refractivity contribution in [3.8, 4) is 11.5 Å². The normalized spacial score (nSPS) is 11.2. The molecule has 9 nitrogen and oxygen atoms in total. The number of halogens is 2. The first kappa shape index (κ1) is 24.0. The Labute approximate surface area is 206 Å². The first-order chi connectivity index (χ1) is 16.8. The second-order valence-corrected chi connectivity index (χ2v) is 8.34. The fraction of sp³-hybridized carbons (Fsp3) is 0.125. The summed E-state index contributed by atoms with van der Waals surface area (Å²) in [5.74, 6) is -0.121. The van der Waals surface area contributed by atoms with Crippen molar-refractivity contribution in [2.24, 2.45) is 5.10 Å². The van der Waals surface area contributed by atoms with Gasteiger partial charge in [-0.05, 0) is 48.9 Å². The molecule has 1 heterocycles. The molecule has 4 rings (SSSR count). The molecule has 35 heavy (non-hydrogen) atoms. The lowest BCUT2D eigenvalue weighted by Gasteiger charge is -2.12. The summed E-state index contributed by atoms with van der Waals surface area (Å²) in [5, 5.41) is 16.3. The van der Waals surface area contributed by atoms with Crippen molar-refractivity contribution in [1.82, 2.24) is 9.66 Å². The highest BCUT2D eigenvalue weighted by Gasteiger charge is 2.22. The van der Waals surface area contributed by atoms with E-state index in [1.165, 1.54) is 43.7 Å². The third-order valence-corrected chi connectivity index (χ3v) is 5.53. The lowest BCUT2D eigenvalue weighted by molar-refractivity contribution is -0.386. The summed E-state index contributed by atoms with van der Waals surface area (Å²) < 4.78 is 26.2. The largest absolute Gasteiger partial charge is 0.493 e. The van der Waals surface area contributed by atoms with Crippen molar-refractivity contribution >= 4 is 38.7 Å². The summed E-state index contributed by atoms with van der Waals surface area (Å²) in [6.45, 7) is 1.53. The zero-order valence-electron chi connectivity index (χ0n) is 18.6. The predicted molar refractivity (Wildman–Crippen MR) is 132 cm³/mol. The van der Waals surface area contributed by atoms with Gasteiger partial charge in [0.1, 0.15) is 18.2 Å². The van der Waals surface area contributed by atoms with E-state index in [1.807, 2.05) is 0 Å². The van der Waals surface area contributed by atoms with Crippen molar-refractivity contribution in [2.75, 3.05) is 7.11 Å². The first-order valence-corrected chi connectivity index (χ1v) is 11.0. The molecule has 0 spiro atoms. The Bertz CT molecular complexity index is 1540. The van der Waals surface area contributed by atoms with Crippen LogP contribution in [0.3, 0.4) is 0 Å². The van der Waals surface area contributed by atoms with E-state index in [9.17, 15) is 19.3 Å². The number of aromatic nitrogens is 2. The van der Waals surface area contributed by atoms with E-state index in [0.717, 1.165) is 9.15 Å². The standard InChI is InChI=1S/C24H18BrFN4O5/c1-14-28-20-7-6-17(25)11-19(20)24(31)29(14)27-12-16-9-21(30(32)33)23(22(10-16)34-2)35-13-15-4-3-5-18(26)8-15/h3-12H,13H2,1-2H3. The lowest BCUT2D eigenvalue weighted by Crippen LogP contribution is -2.20. The zero-order chi connectivity index (χ0) is 25.1. The van der Waals surface area contributed by atoms with Gasteiger partial charge in [-0.3, -0.25) is 14.9 Å². The summed E-state index contributed by atoms with van der Waals surface area (Å²) in [6.07, 6.45) is 1.30. The van der Waals surface area contributed by atoms with Crippen LogP contribution in [0.5, 0.6) is 11.5 Å². The second-order valence-electron chi connectivity index (χ2n) is 7.43. The summed E-state index contributed by atoms with van der Waals surface area (Å²) in [5.41, 5.74) is 0.567. The van der Waals surface area contributed by atoms with Crippen LogP contribution < -0.4 is 15.0 Å². The number of nitro groups is 1. The Morgan fingerprint density at radius 2 is 2.03 bits per heavy atom. The molecule has 1 aromatic heterocycles. The number of methoxy groups -OCH3 is 1. The molecule has 0 saturated heterocycles. The zero-order valence-corrected chi connectivity index (χ0v) is 20.2. The number of aryl methyl sites for hydroxylation is 1. The van der Waals surface area contributed by atoms with E-state index in [0.29, 0.717) is 27.9 Å². The summed E-state index contributed by atoms with van der Waals surface area (Å²) in [4.78, 5) is 28.5. The van der Waals surface area contributed by atoms with Crippen LogP contribution in [0.2, 0.25) is 0 Å². The van der Waals surface area contributed by atoms with Gasteiger partial charge in [-0.25, -0.2) is 9.37 Å². The number of benzene rings is 3. The Balaban J connectivity index is 1.71. The molecule has 0 unspecified atom stereocenters. The maximum atomic E-state index is 13.5. The SMILES string of the molecule is COc1cc(C=Nn2c(C)nc3ccc(Br)cc3c2=O)cc([N+](=O)[O-])c1OCc1cccc(F)c1. The Kier molecular flexibility index (Phi) is 6.87. The minimum atomic E-state index is -0.618. The molecule has 0 N–H and O–H groups in total. The average molecular weight is 541 g/mol. The third kappa shape index (κ3) is 5.19. The molecule has 0 aliphatic carbocycles. The molecule has 0 radical (unpaired) electrons. The van der Waals surface area contributed by atoms with Crippen LogP contribution in [0.1, 0.15) is 17.0 Å². The van der Waals surface area contributed by atoms with Crippen molar-refractivity contribution in [3.63, 3.8) is 0 Å². The van der Waals surface area contributed by atoms with Gasteiger partial charge in [-0.1, -0.05) is 28.1 Å². The molecule has 0 amide bonds. The van der Waals surface area contributed by atoms with Crippen molar-refractivity contribution < 1.29 is 18.8 Å². The second kappa shape index (κ2) is 10.0. The van der Waals surface area contributed by atoms with Gasteiger partial charge < -0.3 is 9.47 Å². The van der Waals surface area contributed by atoms with Crippen LogP contribution in [-0.2, 0) is 6.61 Å². The molecule has 0 bridgehead atoms. The number of nitro benzene ring substituents is 1. The lowest BCUT2D eigenvalue weighted by atomic mass is 10.1. The number of rotatable bonds is 7. The maximum absolute atomic E-state index is 13.5. The van der Waals surface area contributed by atoms with Gasteiger partial charge in [-0.2, -0.15) is 9.78 Å². The van der Waals surface area contributed by atoms with Gasteiger partial charge >= 0.3 is 5.69 Å². The molecule has 0 aliphatic rings. The topological polar surface area (TPSA) is 109 Å². The number of nitrogens with zero attached hydrogens (tertiary/aromatic N) is 4. The van der Waals surface area contributed by atoms with Gasteiger partial charge in [0.25, 0.3) is 5.56 Å². The predicted octanol–water partition coefficient (Wildman–Crippen LogP) is 4.98. The molecule has 0 fully saturated rings. The van der Waals surface area contributed by atoms with Crippen LogP contribution >= 0.6 is 15.9 Å². The molecule has 0 saturated carbocycles. The highest BCUT2D eigenvalue weighted by molar-refractivity contribution is 9.10. The van der Waals surface area contributed by atoms with E-state index in [4.69, 9.17) is 9.47 Å². The quantitative estimate of drug-likeness (QED) is 0.185. The van der Waals surface area contributed by atoms with Crippen molar-refractivity contribution in [1.29, 1.82) is 0 Å². The molecular weight excluding hydrogens is 523 g/mol. The number of ether oxygens (including phenoxy) is 2. The minimum Gasteiger partial charge on any atom is -0.493 e. The Morgan fingerprint density at radius 3 is 2.74 bits per heavy atom. The van der Waals surface area contributed by atoms with Gasteiger partial charge in [0.2, 0.25) is 5.75 Å². The number of hydrogen-bond acceptors (Lipinski definition) is 7. The number of fused-ring (bicyclic) bond motifs is 1. The van der Waals surface area contributed by atoms with Crippen LogP contribution in [0.25, 0.3) is 10.9 Å². The fourth-order valence-corrected chi connectivity index (χ4v) is 3.78. The van der Waals surface area contributed by atoms with Gasteiger partial charge in [-0.15, -0.1) is 0 Å². The highest BCUT2D eigenvalue weighted by atomic mass is 79.9. The molecule has 178 valence electrons. The minimum absolute atomic E-state index is 0.0849. The van der Waals surface area contributed by atoms with E-state index in [1.54, 1.807) is 31.2 Å².